The minimum atomic E-state index is -0.875. The lowest BCUT2D eigenvalue weighted by molar-refractivity contribution is -0.139. The number of nitrogens with one attached hydrogen (secondary N) is 1. The predicted octanol–water partition coefficient (Wildman–Crippen LogP) is 0.835. The Kier molecular flexibility index (Phi) is 5.24. The average Bonchev–Trinajstić information content (AvgIpc) is 2.22. The molecule has 0 aliphatic rings. The van der Waals surface area contributed by atoms with Crippen LogP contribution in [0.1, 0.15) is 17.7 Å². The van der Waals surface area contributed by atoms with Gasteiger partial charge in [-0.25, -0.2) is 4.98 Å². The molecule has 0 amide bonds. The van der Waals surface area contributed by atoms with Crippen molar-refractivity contribution >= 4 is 24.4 Å². The van der Waals surface area contributed by atoms with E-state index in [1.165, 1.54) is 0 Å². The number of anilines is 1. The summed E-state index contributed by atoms with van der Waals surface area (Å²) in [6.07, 6.45) is 0.472. The van der Waals surface area contributed by atoms with Crippen molar-refractivity contribution in [3.63, 3.8) is 0 Å². The van der Waals surface area contributed by atoms with Crippen molar-refractivity contribution in [1.29, 1.82) is 0 Å². The number of carboxylic acids is 1. The van der Waals surface area contributed by atoms with E-state index in [0.717, 1.165) is 11.3 Å². The van der Waals surface area contributed by atoms with Gasteiger partial charge in [0, 0.05) is 6.54 Å². The summed E-state index contributed by atoms with van der Waals surface area (Å²) < 4.78 is 0. The molecule has 1 aromatic rings. The van der Waals surface area contributed by atoms with E-state index in [4.69, 9.17) is 10.8 Å². The summed E-state index contributed by atoms with van der Waals surface area (Å²) in [4.78, 5) is 15.0. The molecular weight excluding hydrogens is 238 g/mol. The van der Waals surface area contributed by atoms with Crippen LogP contribution in [-0.2, 0) is 11.3 Å². The van der Waals surface area contributed by atoms with E-state index in [-0.39, 0.29) is 0 Å². The summed E-state index contributed by atoms with van der Waals surface area (Å²) in [7, 11) is 0. The Labute approximate surface area is 106 Å². The first-order valence-corrected chi connectivity index (χ1v) is 5.96. The van der Waals surface area contributed by atoms with E-state index >= 15 is 0 Å². The number of rotatable bonds is 6. The van der Waals surface area contributed by atoms with Gasteiger partial charge < -0.3 is 10.8 Å². The van der Waals surface area contributed by atoms with Gasteiger partial charge in [0.05, 0.1) is 5.69 Å². The fourth-order valence-corrected chi connectivity index (χ4v) is 1.79. The Hall–Kier alpha value is -1.27. The molecule has 0 saturated heterocycles. The maximum Gasteiger partial charge on any atom is 0.320 e. The first-order valence-electron chi connectivity index (χ1n) is 5.33. The van der Waals surface area contributed by atoms with Crippen LogP contribution in [0.5, 0.6) is 0 Å². The molecule has 0 bridgehead atoms. The van der Waals surface area contributed by atoms with Gasteiger partial charge >= 0.3 is 5.97 Å². The number of nitrogens with two attached hydrogens (primary N) is 1. The molecule has 1 aromatic heterocycles. The molecule has 5 nitrogen and oxygen atoms in total. The molecule has 1 atom stereocenters. The third-order valence-corrected chi connectivity index (χ3v) is 2.55. The molecule has 4 N–H and O–H groups in total. The molecule has 0 aromatic carbocycles. The van der Waals surface area contributed by atoms with E-state index in [2.05, 4.69) is 22.9 Å². The second kappa shape index (κ2) is 6.46. The van der Waals surface area contributed by atoms with Crippen molar-refractivity contribution in [2.45, 2.75) is 25.9 Å². The van der Waals surface area contributed by atoms with E-state index in [9.17, 15) is 4.79 Å². The summed E-state index contributed by atoms with van der Waals surface area (Å²) in [5.41, 5.74) is 7.37. The first-order chi connectivity index (χ1) is 8.02. The number of thiol groups is 1. The van der Waals surface area contributed by atoms with Crippen LogP contribution >= 0.6 is 12.6 Å². The Morgan fingerprint density at radius 2 is 2.35 bits per heavy atom. The van der Waals surface area contributed by atoms with Gasteiger partial charge in [0.15, 0.2) is 0 Å². The van der Waals surface area contributed by atoms with Crippen LogP contribution in [0.15, 0.2) is 12.1 Å². The molecule has 0 aliphatic heterocycles. The number of pyridine rings is 1. The van der Waals surface area contributed by atoms with Crippen molar-refractivity contribution in [3.05, 3.63) is 23.4 Å². The van der Waals surface area contributed by atoms with Crippen LogP contribution in [0.25, 0.3) is 0 Å². The minimum absolute atomic E-state index is 0.386. The van der Waals surface area contributed by atoms with Crippen LogP contribution in [0.4, 0.5) is 5.82 Å². The Morgan fingerprint density at radius 1 is 1.65 bits per heavy atom. The summed E-state index contributed by atoms with van der Waals surface area (Å²) in [6, 6.07) is 3.05. The summed E-state index contributed by atoms with van der Waals surface area (Å²) in [5.74, 6) is 0.0930. The highest BCUT2D eigenvalue weighted by Crippen LogP contribution is 2.07. The third-order valence-electron chi connectivity index (χ3n) is 2.29. The molecule has 0 fully saturated rings. The highest BCUT2D eigenvalue weighted by atomic mass is 32.1. The van der Waals surface area contributed by atoms with E-state index in [1.807, 2.05) is 13.0 Å². The predicted molar refractivity (Wildman–Crippen MR) is 70.1 cm³/mol. The molecule has 6 heteroatoms. The number of aliphatic carboxylic acids is 1. The van der Waals surface area contributed by atoms with Crippen molar-refractivity contribution in [2.75, 3.05) is 11.5 Å². The van der Waals surface area contributed by atoms with Crippen LogP contribution in [-0.4, -0.2) is 27.9 Å². The summed E-state index contributed by atoms with van der Waals surface area (Å²) in [5, 5.41) is 11.9. The van der Waals surface area contributed by atoms with Gasteiger partial charge in [0.2, 0.25) is 0 Å². The lowest BCUT2D eigenvalue weighted by Crippen LogP contribution is -2.36. The zero-order valence-electron chi connectivity index (χ0n) is 9.68. The monoisotopic (exact) mass is 255 g/mol. The average molecular weight is 255 g/mol. The Morgan fingerprint density at radius 3 is 2.88 bits per heavy atom. The van der Waals surface area contributed by atoms with Gasteiger partial charge in [-0.15, -0.1) is 0 Å². The Balaban J connectivity index is 2.61. The van der Waals surface area contributed by atoms with E-state index in [0.29, 0.717) is 24.5 Å². The molecule has 0 radical (unpaired) electrons. The van der Waals surface area contributed by atoms with E-state index < -0.39 is 12.0 Å². The van der Waals surface area contributed by atoms with Crippen molar-refractivity contribution in [2.24, 2.45) is 0 Å². The number of carboxylic acid groups (broad SMARTS) is 1. The molecule has 0 saturated carbocycles. The second-order valence-corrected chi connectivity index (χ2v) is 4.29. The molecule has 0 aliphatic carbocycles. The van der Waals surface area contributed by atoms with Crippen LogP contribution in [0.3, 0.4) is 0 Å². The standard InChI is InChI=1S/C11H17N3O2S/c1-7-4-8(14-10(12)5-7)6-13-9(2-3-17)11(15)16/h4-5,9,13,17H,2-3,6H2,1H3,(H2,12,14)(H,15,16)/t9-/m0/s1. The fourth-order valence-electron chi connectivity index (χ4n) is 1.53. The number of aryl methyl sites for hydroxylation is 1. The summed E-state index contributed by atoms with van der Waals surface area (Å²) in [6.45, 7) is 2.31. The van der Waals surface area contributed by atoms with Crippen LogP contribution in [0, 0.1) is 6.92 Å². The van der Waals surface area contributed by atoms with Gasteiger partial charge in [-0.2, -0.15) is 12.6 Å². The van der Waals surface area contributed by atoms with Crippen molar-refractivity contribution < 1.29 is 9.90 Å². The number of carbonyl (C=O) groups is 1. The normalized spacial score (nSPS) is 12.4. The van der Waals surface area contributed by atoms with Gasteiger partial charge in [-0.3, -0.25) is 10.1 Å². The zero-order chi connectivity index (χ0) is 12.8. The molecule has 0 spiro atoms. The molecule has 0 unspecified atom stereocenters. The number of hydrogen-bond acceptors (Lipinski definition) is 5. The van der Waals surface area contributed by atoms with Crippen molar-refractivity contribution in [3.8, 4) is 0 Å². The number of hydrogen-bond donors (Lipinski definition) is 4. The third kappa shape index (κ3) is 4.62. The van der Waals surface area contributed by atoms with Crippen molar-refractivity contribution in [1.82, 2.24) is 10.3 Å². The highest BCUT2D eigenvalue weighted by molar-refractivity contribution is 7.80. The Bertz CT molecular complexity index is 378. The molecule has 94 valence electrons. The lowest BCUT2D eigenvalue weighted by Gasteiger charge is -2.13. The van der Waals surface area contributed by atoms with Gasteiger partial charge in [-0.05, 0) is 36.8 Å². The van der Waals surface area contributed by atoms with Gasteiger partial charge in [-0.1, -0.05) is 0 Å². The smallest absolute Gasteiger partial charge is 0.320 e. The molecule has 1 rings (SSSR count). The minimum Gasteiger partial charge on any atom is -0.480 e. The number of nitrogens with zero attached hydrogens (tertiary/aromatic N) is 1. The molecule has 1 heterocycles. The highest BCUT2D eigenvalue weighted by Gasteiger charge is 2.15. The zero-order valence-corrected chi connectivity index (χ0v) is 10.6. The first kappa shape index (κ1) is 13.8. The topological polar surface area (TPSA) is 88.2 Å². The van der Waals surface area contributed by atoms with Gasteiger partial charge in [0.25, 0.3) is 0 Å². The lowest BCUT2D eigenvalue weighted by atomic mass is 10.2. The summed E-state index contributed by atoms with van der Waals surface area (Å²) >= 11 is 4.03. The van der Waals surface area contributed by atoms with Crippen LogP contribution in [0.2, 0.25) is 0 Å². The maximum absolute atomic E-state index is 10.9. The van der Waals surface area contributed by atoms with Gasteiger partial charge in [0.1, 0.15) is 11.9 Å². The molecular formula is C11H17N3O2S. The fraction of sp³-hybridized carbons (Fsp3) is 0.455. The van der Waals surface area contributed by atoms with Crippen LogP contribution < -0.4 is 11.1 Å². The second-order valence-electron chi connectivity index (χ2n) is 3.84. The maximum atomic E-state index is 10.9. The molecule has 17 heavy (non-hydrogen) atoms. The SMILES string of the molecule is Cc1cc(N)nc(CN[C@@H](CCS)C(=O)O)c1. The quantitative estimate of drug-likeness (QED) is 0.566. The number of nitrogen functional groups attached to an aromatic ring is 1. The number of aromatic nitrogens is 1. The van der Waals surface area contributed by atoms with E-state index in [1.54, 1.807) is 6.07 Å². The largest absolute Gasteiger partial charge is 0.480 e.